The van der Waals surface area contributed by atoms with Gasteiger partial charge in [-0.05, 0) is 50.1 Å². The molecule has 0 spiro atoms. The van der Waals surface area contributed by atoms with Gasteiger partial charge in [0.05, 0.1) is 0 Å². The molecule has 0 amide bonds. The first-order valence-electron chi connectivity index (χ1n) is 7.18. The first kappa shape index (κ1) is 17.4. The van der Waals surface area contributed by atoms with E-state index in [1.165, 1.54) is 31.4 Å². The van der Waals surface area contributed by atoms with Crippen LogP contribution in [0, 0.1) is 5.41 Å². The Labute approximate surface area is 112 Å². The summed E-state index contributed by atoms with van der Waals surface area (Å²) in [6.07, 6.45) is 3.93. The minimum absolute atomic E-state index is 0.447. The van der Waals surface area contributed by atoms with E-state index >= 15 is 0 Å². The summed E-state index contributed by atoms with van der Waals surface area (Å²) in [6, 6.07) is 2.63. The van der Waals surface area contributed by atoms with E-state index in [1.54, 1.807) is 0 Å². The van der Waals surface area contributed by atoms with Crippen LogP contribution in [-0.4, -0.2) is 16.6 Å². The van der Waals surface area contributed by atoms with Crippen LogP contribution in [0.4, 0.5) is 0 Å². The molecule has 0 aromatic rings. The van der Waals surface area contributed by atoms with Crippen LogP contribution in [-0.2, 0) is 4.12 Å². The third-order valence-corrected chi connectivity index (χ3v) is 10.6. The molecule has 0 aromatic carbocycles. The minimum atomic E-state index is -1.44. The third kappa shape index (κ3) is 10.0. The highest BCUT2D eigenvalue weighted by atomic mass is 28.4. The van der Waals surface area contributed by atoms with Gasteiger partial charge in [-0.15, -0.1) is 0 Å². The molecular weight excluding hydrogens is 240 g/mol. The van der Waals surface area contributed by atoms with Gasteiger partial charge in [-0.3, -0.25) is 0 Å². The van der Waals surface area contributed by atoms with E-state index in [4.69, 9.17) is 4.12 Å². The van der Waals surface area contributed by atoms with Crippen molar-refractivity contribution in [1.82, 2.24) is 0 Å². The molecular formula is C14H34OSi2. The number of unbranched alkanes of at least 4 members (excludes halogenated alkanes) is 1. The van der Waals surface area contributed by atoms with Crippen molar-refractivity contribution < 1.29 is 4.12 Å². The zero-order valence-corrected chi connectivity index (χ0v) is 15.4. The van der Waals surface area contributed by atoms with Gasteiger partial charge in [0.25, 0.3) is 0 Å². The van der Waals surface area contributed by atoms with Crippen LogP contribution < -0.4 is 0 Å². The van der Waals surface area contributed by atoms with E-state index < -0.39 is 16.6 Å². The van der Waals surface area contributed by atoms with Crippen LogP contribution in [0.2, 0.25) is 38.3 Å². The molecule has 104 valence electrons. The zero-order chi connectivity index (χ0) is 13.7. The summed E-state index contributed by atoms with van der Waals surface area (Å²) < 4.78 is 6.60. The normalized spacial score (nSPS) is 14.1. The second kappa shape index (κ2) is 6.53. The number of rotatable bonds is 7. The van der Waals surface area contributed by atoms with Gasteiger partial charge in [0, 0.05) is 0 Å². The molecule has 0 saturated heterocycles. The van der Waals surface area contributed by atoms with E-state index in [2.05, 4.69) is 53.9 Å². The maximum Gasteiger partial charge on any atom is 0.173 e. The highest BCUT2D eigenvalue weighted by Crippen LogP contribution is 2.29. The molecule has 0 fully saturated rings. The van der Waals surface area contributed by atoms with Crippen LogP contribution in [0.1, 0.15) is 47.0 Å². The quantitative estimate of drug-likeness (QED) is 0.545. The third-order valence-electron chi connectivity index (χ3n) is 3.16. The predicted octanol–water partition coefficient (Wildman–Crippen LogP) is 5.65. The van der Waals surface area contributed by atoms with Gasteiger partial charge in [0.15, 0.2) is 16.6 Å². The molecule has 0 rings (SSSR count). The topological polar surface area (TPSA) is 9.23 Å². The average molecular weight is 275 g/mol. The van der Waals surface area contributed by atoms with Crippen molar-refractivity contribution in [3.8, 4) is 0 Å². The largest absolute Gasteiger partial charge is 0.455 e. The molecule has 0 unspecified atom stereocenters. The monoisotopic (exact) mass is 274 g/mol. The molecule has 0 aliphatic heterocycles. The predicted molar refractivity (Wildman–Crippen MR) is 84.6 cm³/mol. The smallest absolute Gasteiger partial charge is 0.173 e. The Kier molecular flexibility index (Phi) is 6.68. The second-order valence-corrected chi connectivity index (χ2v) is 16.6. The van der Waals surface area contributed by atoms with Gasteiger partial charge < -0.3 is 4.12 Å². The van der Waals surface area contributed by atoms with Crippen molar-refractivity contribution in [3.05, 3.63) is 0 Å². The van der Waals surface area contributed by atoms with Crippen LogP contribution in [0.25, 0.3) is 0 Å². The van der Waals surface area contributed by atoms with Gasteiger partial charge in [-0.1, -0.05) is 40.5 Å². The zero-order valence-electron chi connectivity index (χ0n) is 13.4. The molecule has 0 N–H and O–H groups in total. The Bertz CT molecular complexity index is 217. The van der Waals surface area contributed by atoms with Gasteiger partial charge in [-0.2, -0.15) is 0 Å². The lowest BCUT2D eigenvalue weighted by Gasteiger charge is -2.35. The standard InChI is InChI=1S/C14H34OSi2/c1-9-10-12-16(5,6)15-17(7,8)13-11-14(2,3)4/h9-13H2,1-8H3. The van der Waals surface area contributed by atoms with Gasteiger partial charge in [0.1, 0.15) is 0 Å². The van der Waals surface area contributed by atoms with Crippen LogP contribution in [0.5, 0.6) is 0 Å². The molecule has 0 bridgehead atoms. The summed E-state index contributed by atoms with van der Waals surface area (Å²) in [5.74, 6) is 0. The Balaban J connectivity index is 4.23. The average Bonchev–Trinajstić information content (AvgIpc) is 2.09. The van der Waals surface area contributed by atoms with E-state index in [0.29, 0.717) is 5.41 Å². The van der Waals surface area contributed by atoms with Crippen molar-refractivity contribution >= 4 is 16.6 Å². The second-order valence-electron chi connectivity index (χ2n) is 7.79. The summed E-state index contributed by atoms with van der Waals surface area (Å²) in [5.41, 5.74) is 0.447. The fourth-order valence-electron chi connectivity index (χ4n) is 2.13. The van der Waals surface area contributed by atoms with E-state index in [9.17, 15) is 0 Å². The van der Waals surface area contributed by atoms with Crippen molar-refractivity contribution in [2.24, 2.45) is 5.41 Å². The molecule has 1 nitrogen and oxygen atoms in total. The molecule has 0 heterocycles. The fourth-order valence-corrected chi connectivity index (χ4v) is 11.5. The Hall–Kier alpha value is 0.394. The summed E-state index contributed by atoms with van der Waals surface area (Å²) in [6.45, 7) is 18.9. The molecule has 0 saturated carbocycles. The van der Waals surface area contributed by atoms with Crippen LogP contribution in [0.3, 0.4) is 0 Å². The van der Waals surface area contributed by atoms with Gasteiger partial charge >= 0.3 is 0 Å². The molecule has 0 radical (unpaired) electrons. The SMILES string of the molecule is CCCC[Si](C)(C)O[Si](C)(C)CCC(C)(C)C. The molecule has 0 aromatic heterocycles. The van der Waals surface area contributed by atoms with Crippen molar-refractivity contribution in [3.63, 3.8) is 0 Å². The highest BCUT2D eigenvalue weighted by Gasteiger charge is 2.33. The summed E-state index contributed by atoms with van der Waals surface area (Å²) in [5, 5.41) is 0. The number of hydrogen-bond acceptors (Lipinski definition) is 1. The highest BCUT2D eigenvalue weighted by molar-refractivity contribution is 6.84. The molecule has 0 aliphatic rings. The molecule has 17 heavy (non-hydrogen) atoms. The lowest BCUT2D eigenvalue weighted by molar-refractivity contribution is 0.386. The summed E-state index contributed by atoms with van der Waals surface area (Å²) in [4.78, 5) is 0. The van der Waals surface area contributed by atoms with Crippen molar-refractivity contribution in [1.29, 1.82) is 0 Å². The Morgan fingerprint density at radius 3 is 1.76 bits per heavy atom. The molecule has 0 aliphatic carbocycles. The van der Waals surface area contributed by atoms with E-state index in [-0.39, 0.29) is 0 Å². The Morgan fingerprint density at radius 1 is 0.882 bits per heavy atom. The maximum absolute atomic E-state index is 6.60. The van der Waals surface area contributed by atoms with Gasteiger partial charge in [0.2, 0.25) is 0 Å². The van der Waals surface area contributed by atoms with E-state index in [0.717, 1.165) is 0 Å². The lowest BCUT2D eigenvalue weighted by Crippen LogP contribution is -2.44. The lowest BCUT2D eigenvalue weighted by atomic mass is 9.94. The van der Waals surface area contributed by atoms with Crippen molar-refractivity contribution in [2.75, 3.05) is 0 Å². The van der Waals surface area contributed by atoms with E-state index in [1.807, 2.05) is 0 Å². The first-order valence-corrected chi connectivity index (χ1v) is 13.4. The minimum Gasteiger partial charge on any atom is -0.455 e. The molecule has 3 heteroatoms. The molecule has 0 atom stereocenters. The van der Waals surface area contributed by atoms with Crippen molar-refractivity contribution in [2.45, 2.75) is 85.2 Å². The summed E-state index contributed by atoms with van der Waals surface area (Å²) in [7, 11) is -2.83. The van der Waals surface area contributed by atoms with Gasteiger partial charge in [-0.25, -0.2) is 0 Å². The number of hydrogen-bond donors (Lipinski definition) is 0. The summed E-state index contributed by atoms with van der Waals surface area (Å²) >= 11 is 0. The first-order chi connectivity index (χ1) is 7.47. The van der Waals surface area contributed by atoms with Crippen LogP contribution >= 0.6 is 0 Å². The fraction of sp³-hybridized carbons (Fsp3) is 1.00. The Morgan fingerprint density at radius 2 is 1.35 bits per heavy atom. The van der Waals surface area contributed by atoms with Crippen LogP contribution in [0.15, 0.2) is 0 Å². The maximum atomic E-state index is 6.60.